The maximum Gasteiger partial charge on any atom is 0.342 e. The van der Waals surface area contributed by atoms with Gasteiger partial charge in [0, 0.05) is 5.54 Å². The minimum Gasteiger partial charge on any atom is -0.507 e. The standard InChI is InChI=1S/C15H21NO4/c1-5-15(3,4)16-13(18)9-20-14(19)11-8-10(2)6-7-12(11)17/h6-8,17H,5,9H2,1-4H3,(H,16,18). The second kappa shape index (κ2) is 6.41. The summed E-state index contributed by atoms with van der Waals surface area (Å²) in [5, 5.41) is 12.4. The number of hydrogen-bond donors (Lipinski definition) is 2. The average molecular weight is 279 g/mol. The molecule has 0 aliphatic carbocycles. The molecule has 0 atom stereocenters. The van der Waals surface area contributed by atoms with Gasteiger partial charge >= 0.3 is 5.97 Å². The third-order valence-electron chi connectivity index (χ3n) is 3.07. The number of nitrogens with one attached hydrogen (secondary N) is 1. The SMILES string of the molecule is CCC(C)(C)NC(=O)COC(=O)c1cc(C)ccc1O. The van der Waals surface area contributed by atoms with E-state index in [9.17, 15) is 14.7 Å². The number of aromatic hydroxyl groups is 1. The van der Waals surface area contributed by atoms with Gasteiger partial charge in [-0.15, -0.1) is 0 Å². The second-order valence-corrected chi connectivity index (χ2v) is 5.38. The van der Waals surface area contributed by atoms with Gasteiger partial charge in [0.15, 0.2) is 6.61 Å². The number of phenolic OH excluding ortho intramolecular Hbond substituents is 1. The molecule has 5 heteroatoms. The van der Waals surface area contributed by atoms with E-state index < -0.39 is 5.97 Å². The number of rotatable bonds is 5. The summed E-state index contributed by atoms with van der Waals surface area (Å²) < 4.78 is 4.91. The highest BCUT2D eigenvalue weighted by atomic mass is 16.5. The molecule has 0 saturated heterocycles. The predicted molar refractivity (Wildman–Crippen MR) is 75.6 cm³/mol. The van der Waals surface area contributed by atoms with Gasteiger partial charge in [0.1, 0.15) is 11.3 Å². The Hall–Kier alpha value is -2.04. The monoisotopic (exact) mass is 279 g/mol. The molecule has 0 heterocycles. The van der Waals surface area contributed by atoms with Crippen LogP contribution >= 0.6 is 0 Å². The molecule has 0 aromatic heterocycles. The van der Waals surface area contributed by atoms with Gasteiger partial charge in [-0.1, -0.05) is 18.6 Å². The van der Waals surface area contributed by atoms with Crippen molar-refractivity contribution in [1.82, 2.24) is 5.32 Å². The first-order valence-electron chi connectivity index (χ1n) is 6.53. The number of amides is 1. The zero-order valence-corrected chi connectivity index (χ0v) is 12.3. The van der Waals surface area contributed by atoms with Crippen molar-refractivity contribution >= 4 is 11.9 Å². The Balaban J connectivity index is 2.60. The third kappa shape index (κ3) is 4.57. The van der Waals surface area contributed by atoms with E-state index in [-0.39, 0.29) is 29.4 Å². The molecule has 1 aromatic rings. The van der Waals surface area contributed by atoms with Crippen LogP contribution in [0.1, 0.15) is 43.1 Å². The molecule has 1 amide bonds. The Morgan fingerprint density at radius 1 is 1.35 bits per heavy atom. The Labute approximate surface area is 118 Å². The number of aryl methyl sites for hydroxylation is 1. The minimum atomic E-state index is -0.712. The second-order valence-electron chi connectivity index (χ2n) is 5.38. The molecule has 1 rings (SSSR count). The molecule has 0 aliphatic heterocycles. The van der Waals surface area contributed by atoms with E-state index in [1.807, 2.05) is 20.8 Å². The van der Waals surface area contributed by atoms with Crippen LogP contribution in [0.4, 0.5) is 0 Å². The highest BCUT2D eigenvalue weighted by molar-refractivity contribution is 5.94. The lowest BCUT2D eigenvalue weighted by Crippen LogP contribution is -2.44. The lowest BCUT2D eigenvalue weighted by molar-refractivity contribution is -0.125. The van der Waals surface area contributed by atoms with Crippen molar-refractivity contribution < 1.29 is 19.4 Å². The van der Waals surface area contributed by atoms with Crippen LogP contribution in [0.2, 0.25) is 0 Å². The van der Waals surface area contributed by atoms with Crippen molar-refractivity contribution in [1.29, 1.82) is 0 Å². The van der Waals surface area contributed by atoms with Gasteiger partial charge in [-0.2, -0.15) is 0 Å². The van der Waals surface area contributed by atoms with Gasteiger partial charge in [-0.3, -0.25) is 4.79 Å². The van der Waals surface area contributed by atoms with Crippen molar-refractivity contribution in [2.45, 2.75) is 39.7 Å². The number of esters is 1. The van der Waals surface area contributed by atoms with Gasteiger partial charge in [0.05, 0.1) is 0 Å². The highest BCUT2D eigenvalue weighted by Gasteiger charge is 2.19. The van der Waals surface area contributed by atoms with Crippen molar-refractivity contribution in [3.8, 4) is 5.75 Å². The van der Waals surface area contributed by atoms with E-state index in [1.54, 1.807) is 13.0 Å². The van der Waals surface area contributed by atoms with Gasteiger partial charge in [0.25, 0.3) is 5.91 Å². The van der Waals surface area contributed by atoms with Crippen molar-refractivity contribution in [2.24, 2.45) is 0 Å². The number of benzene rings is 1. The summed E-state index contributed by atoms with van der Waals surface area (Å²) in [6.45, 7) is 7.16. The summed E-state index contributed by atoms with van der Waals surface area (Å²) >= 11 is 0. The maximum absolute atomic E-state index is 11.8. The Morgan fingerprint density at radius 2 is 2.00 bits per heavy atom. The highest BCUT2D eigenvalue weighted by Crippen LogP contribution is 2.19. The summed E-state index contributed by atoms with van der Waals surface area (Å²) in [6.07, 6.45) is 0.769. The first-order valence-corrected chi connectivity index (χ1v) is 6.53. The average Bonchev–Trinajstić information content (AvgIpc) is 2.38. The zero-order valence-electron chi connectivity index (χ0n) is 12.3. The number of carbonyl (C=O) groups excluding carboxylic acids is 2. The summed E-state index contributed by atoms with van der Waals surface area (Å²) in [7, 11) is 0. The zero-order chi connectivity index (χ0) is 15.3. The quantitative estimate of drug-likeness (QED) is 0.810. The molecular weight excluding hydrogens is 258 g/mol. The lowest BCUT2D eigenvalue weighted by atomic mass is 10.0. The van der Waals surface area contributed by atoms with Crippen LogP contribution in [0.5, 0.6) is 5.75 Å². The van der Waals surface area contributed by atoms with E-state index in [2.05, 4.69) is 5.32 Å². The Morgan fingerprint density at radius 3 is 2.60 bits per heavy atom. The normalized spacial score (nSPS) is 11.0. The number of ether oxygens (including phenoxy) is 1. The molecule has 0 saturated carbocycles. The number of phenols is 1. The van der Waals surface area contributed by atoms with Crippen molar-refractivity contribution in [3.63, 3.8) is 0 Å². The van der Waals surface area contributed by atoms with E-state index >= 15 is 0 Å². The summed E-state index contributed by atoms with van der Waals surface area (Å²) in [6, 6.07) is 4.63. The molecule has 5 nitrogen and oxygen atoms in total. The summed E-state index contributed by atoms with van der Waals surface area (Å²) in [5.74, 6) is -1.23. The molecule has 0 radical (unpaired) electrons. The molecular formula is C15H21NO4. The molecule has 1 aromatic carbocycles. The van der Waals surface area contributed by atoms with Gasteiger partial charge < -0.3 is 15.2 Å². The molecule has 2 N–H and O–H groups in total. The summed E-state index contributed by atoms with van der Waals surface area (Å²) in [4.78, 5) is 23.4. The molecule has 0 unspecified atom stereocenters. The lowest BCUT2D eigenvalue weighted by Gasteiger charge is -2.24. The van der Waals surface area contributed by atoms with Crippen LogP contribution in [-0.4, -0.2) is 29.1 Å². The van der Waals surface area contributed by atoms with E-state index in [4.69, 9.17) is 4.74 Å². The van der Waals surface area contributed by atoms with Crippen LogP contribution in [0.15, 0.2) is 18.2 Å². The predicted octanol–water partition coefficient (Wildman–Crippen LogP) is 2.16. The molecule has 0 aliphatic rings. The van der Waals surface area contributed by atoms with Crippen LogP contribution in [0, 0.1) is 6.92 Å². The Kier molecular flexibility index (Phi) is 5.13. The van der Waals surface area contributed by atoms with Crippen LogP contribution in [0.3, 0.4) is 0 Å². The Bertz CT molecular complexity index is 509. The van der Waals surface area contributed by atoms with Gasteiger partial charge in [-0.05, 0) is 39.3 Å². The number of hydrogen-bond acceptors (Lipinski definition) is 4. The smallest absolute Gasteiger partial charge is 0.342 e. The third-order valence-corrected chi connectivity index (χ3v) is 3.07. The van der Waals surface area contributed by atoms with E-state index in [0.29, 0.717) is 0 Å². The maximum atomic E-state index is 11.8. The minimum absolute atomic E-state index is 0.0625. The first-order chi connectivity index (χ1) is 9.25. The fraction of sp³-hybridized carbons (Fsp3) is 0.467. The number of carbonyl (C=O) groups is 2. The van der Waals surface area contributed by atoms with E-state index in [1.165, 1.54) is 12.1 Å². The van der Waals surface area contributed by atoms with E-state index in [0.717, 1.165) is 12.0 Å². The molecule has 0 spiro atoms. The fourth-order valence-corrected chi connectivity index (χ4v) is 1.52. The van der Waals surface area contributed by atoms with Crippen LogP contribution in [0.25, 0.3) is 0 Å². The van der Waals surface area contributed by atoms with Crippen molar-refractivity contribution in [3.05, 3.63) is 29.3 Å². The first kappa shape index (κ1) is 16.0. The molecule has 20 heavy (non-hydrogen) atoms. The van der Waals surface area contributed by atoms with Crippen LogP contribution < -0.4 is 5.32 Å². The summed E-state index contributed by atoms with van der Waals surface area (Å²) in [5.41, 5.74) is 0.550. The molecule has 110 valence electrons. The van der Waals surface area contributed by atoms with Gasteiger partial charge in [0.2, 0.25) is 0 Å². The van der Waals surface area contributed by atoms with Crippen molar-refractivity contribution in [2.75, 3.05) is 6.61 Å². The van der Waals surface area contributed by atoms with Crippen LogP contribution in [-0.2, 0) is 9.53 Å². The molecule has 0 fully saturated rings. The largest absolute Gasteiger partial charge is 0.507 e. The van der Waals surface area contributed by atoms with Gasteiger partial charge in [-0.25, -0.2) is 4.79 Å². The fourth-order valence-electron chi connectivity index (χ4n) is 1.52. The topological polar surface area (TPSA) is 75.6 Å². The molecule has 0 bridgehead atoms.